The molecule has 1 aromatic rings. The van der Waals surface area contributed by atoms with E-state index < -0.39 is 0 Å². The highest BCUT2D eigenvalue weighted by atomic mass is 14.3. The summed E-state index contributed by atoms with van der Waals surface area (Å²) in [5, 5.41) is 0. The summed E-state index contributed by atoms with van der Waals surface area (Å²) in [7, 11) is 0. The maximum absolute atomic E-state index is 2.37. The summed E-state index contributed by atoms with van der Waals surface area (Å²) in [6.45, 7) is 9.26. The van der Waals surface area contributed by atoms with Gasteiger partial charge in [-0.1, -0.05) is 26.0 Å². The zero-order valence-corrected chi connectivity index (χ0v) is 9.72. The van der Waals surface area contributed by atoms with Crippen LogP contribution in [0.15, 0.2) is 12.1 Å². The van der Waals surface area contributed by atoms with Gasteiger partial charge in [0, 0.05) is 0 Å². The summed E-state index contributed by atoms with van der Waals surface area (Å²) in [6, 6.07) is 4.56. The second kappa shape index (κ2) is 3.42. The van der Waals surface area contributed by atoms with Crippen molar-refractivity contribution in [1.29, 1.82) is 0 Å². The van der Waals surface area contributed by atoms with E-state index in [1.807, 2.05) is 0 Å². The van der Waals surface area contributed by atoms with Gasteiger partial charge in [-0.15, -0.1) is 0 Å². The summed E-state index contributed by atoms with van der Waals surface area (Å²) < 4.78 is 0. The van der Waals surface area contributed by atoms with Gasteiger partial charge < -0.3 is 0 Å². The first-order chi connectivity index (χ1) is 6.61. The van der Waals surface area contributed by atoms with Gasteiger partial charge in [0.2, 0.25) is 0 Å². The highest BCUT2D eigenvalue weighted by Gasteiger charge is 2.24. The van der Waals surface area contributed by atoms with E-state index in [2.05, 4.69) is 39.8 Å². The molecule has 0 heterocycles. The summed E-state index contributed by atoms with van der Waals surface area (Å²) in [5.74, 6) is 1.53. The van der Waals surface area contributed by atoms with Crippen LogP contribution in [0.5, 0.6) is 0 Å². The lowest BCUT2D eigenvalue weighted by Crippen LogP contribution is -2.13. The molecule has 0 aromatic heterocycles. The molecule has 0 radical (unpaired) electrons. The Hall–Kier alpha value is -0.780. The second-order valence-electron chi connectivity index (χ2n) is 4.91. The zero-order valence-electron chi connectivity index (χ0n) is 9.72. The van der Waals surface area contributed by atoms with Gasteiger partial charge in [-0.2, -0.15) is 0 Å². The number of hydrogen-bond acceptors (Lipinski definition) is 0. The number of benzene rings is 1. The Balaban J connectivity index is 2.65. The summed E-state index contributed by atoms with van der Waals surface area (Å²) in [4.78, 5) is 0. The summed E-state index contributed by atoms with van der Waals surface area (Å²) in [5.41, 5.74) is 6.27. The molecular weight excluding hydrogens is 168 g/mol. The Bertz CT molecular complexity index is 314. The molecule has 0 saturated heterocycles. The molecule has 0 aliphatic heterocycles. The maximum atomic E-state index is 2.37. The third kappa shape index (κ3) is 1.37. The van der Waals surface area contributed by atoms with E-state index >= 15 is 0 Å². The minimum Gasteiger partial charge on any atom is -0.0588 e. The van der Waals surface area contributed by atoms with Crippen LogP contribution in [-0.2, 0) is 0 Å². The van der Waals surface area contributed by atoms with Crippen LogP contribution in [0.25, 0.3) is 0 Å². The van der Waals surface area contributed by atoms with E-state index in [-0.39, 0.29) is 0 Å². The summed E-state index contributed by atoms with van der Waals surface area (Å²) in [6.07, 6.45) is 2.72. The standard InChI is InChI=1S/C14H20/c1-9-5-6-11(3)14-12(4)8-7-10(2)13(9)14/h5-6,10,12H,7-8H2,1-4H3/t10-,12-/m1/s1. The average Bonchev–Trinajstić information content (AvgIpc) is 2.16. The lowest BCUT2D eigenvalue weighted by molar-refractivity contribution is 0.522. The summed E-state index contributed by atoms with van der Waals surface area (Å²) >= 11 is 0. The molecular formula is C14H20. The maximum Gasteiger partial charge on any atom is -0.0185 e. The first kappa shape index (κ1) is 9.76. The number of rotatable bonds is 0. The Morgan fingerprint density at radius 1 is 0.857 bits per heavy atom. The van der Waals surface area contributed by atoms with Crippen LogP contribution in [0.4, 0.5) is 0 Å². The Morgan fingerprint density at radius 3 is 1.57 bits per heavy atom. The largest absolute Gasteiger partial charge is 0.0588 e. The Labute approximate surface area is 87.3 Å². The van der Waals surface area contributed by atoms with Crippen LogP contribution in [0.2, 0.25) is 0 Å². The topological polar surface area (TPSA) is 0 Å². The number of fused-ring (bicyclic) bond motifs is 1. The normalized spacial score (nSPS) is 26.0. The molecule has 0 heteroatoms. The molecule has 0 amide bonds. The molecule has 1 aliphatic carbocycles. The minimum atomic E-state index is 0.765. The highest BCUT2D eigenvalue weighted by molar-refractivity contribution is 5.45. The fourth-order valence-electron chi connectivity index (χ4n) is 2.95. The van der Waals surface area contributed by atoms with Crippen LogP contribution in [0.3, 0.4) is 0 Å². The molecule has 14 heavy (non-hydrogen) atoms. The van der Waals surface area contributed by atoms with E-state index in [9.17, 15) is 0 Å². The van der Waals surface area contributed by atoms with Crippen molar-refractivity contribution < 1.29 is 0 Å². The van der Waals surface area contributed by atoms with Crippen molar-refractivity contribution in [1.82, 2.24) is 0 Å². The quantitative estimate of drug-likeness (QED) is 0.569. The highest BCUT2D eigenvalue weighted by Crippen LogP contribution is 2.41. The van der Waals surface area contributed by atoms with Crippen molar-refractivity contribution >= 4 is 0 Å². The van der Waals surface area contributed by atoms with Gasteiger partial charge in [-0.3, -0.25) is 0 Å². The molecule has 0 nitrogen and oxygen atoms in total. The second-order valence-corrected chi connectivity index (χ2v) is 4.91. The van der Waals surface area contributed by atoms with Crippen molar-refractivity contribution in [3.8, 4) is 0 Å². The smallest absolute Gasteiger partial charge is 0.0185 e. The van der Waals surface area contributed by atoms with Crippen molar-refractivity contribution in [2.75, 3.05) is 0 Å². The molecule has 0 unspecified atom stereocenters. The molecule has 2 rings (SSSR count). The molecule has 0 spiro atoms. The molecule has 0 saturated carbocycles. The first-order valence-corrected chi connectivity index (χ1v) is 5.71. The molecule has 76 valence electrons. The minimum absolute atomic E-state index is 0.765. The third-order valence-electron chi connectivity index (χ3n) is 3.74. The van der Waals surface area contributed by atoms with Crippen molar-refractivity contribution in [3.05, 3.63) is 34.4 Å². The van der Waals surface area contributed by atoms with Crippen molar-refractivity contribution in [3.63, 3.8) is 0 Å². The van der Waals surface area contributed by atoms with Gasteiger partial charge in [0.1, 0.15) is 0 Å². The van der Waals surface area contributed by atoms with Gasteiger partial charge in [-0.05, 0) is 60.8 Å². The van der Waals surface area contributed by atoms with Crippen LogP contribution >= 0.6 is 0 Å². The van der Waals surface area contributed by atoms with E-state index in [0.29, 0.717) is 0 Å². The Morgan fingerprint density at radius 2 is 1.21 bits per heavy atom. The number of aryl methyl sites for hydroxylation is 2. The van der Waals surface area contributed by atoms with Crippen LogP contribution in [0, 0.1) is 13.8 Å². The van der Waals surface area contributed by atoms with Crippen LogP contribution < -0.4 is 0 Å². The van der Waals surface area contributed by atoms with E-state index in [1.54, 1.807) is 11.1 Å². The monoisotopic (exact) mass is 188 g/mol. The van der Waals surface area contributed by atoms with E-state index in [0.717, 1.165) is 11.8 Å². The molecule has 1 aliphatic rings. The van der Waals surface area contributed by atoms with Gasteiger partial charge in [-0.25, -0.2) is 0 Å². The van der Waals surface area contributed by atoms with Gasteiger partial charge >= 0.3 is 0 Å². The molecule has 0 N–H and O–H groups in total. The fourth-order valence-corrected chi connectivity index (χ4v) is 2.95. The SMILES string of the molecule is Cc1ccc(C)c2c1[C@H](C)CC[C@H]2C. The lowest BCUT2D eigenvalue weighted by atomic mass is 9.74. The van der Waals surface area contributed by atoms with Crippen LogP contribution in [0.1, 0.15) is 60.8 Å². The fraction of sp³-hybridized carbons (Fsp3) is 0.571. The van der Waals surface area contributed by atoms with Gasteiger partial charge in [0.05, 0.1) is 0 Å². The van der Waals surface area contributed by atoms with Crippen LogP contribution in [-0.4, -0.2) is 0 Å². The molecule has 1 aromatic carbocycles. The predicted molar refractivity (Wildman–Crippen MR) is 62.0 cm³/mol. The Kier molecular flexibility index (Phi) is 2.38. The predicted octanol–water partition coefficient (Wildman–Crippen LogP) is 4.30. The molecule has 0 fully saturated rings. The van der Waals surface area contributed by atoms with E-state index in [1.165, 1.54) is 24.0 Å². The average molecular weight is 188 g/mol. The zero-order chi connectivity index (χ0) is 10.3. The van der Waals surface area contributed by atoms with E-state index in [4.69, 9.17) is 0 Å². The third-order valence-corrected chi connectivity index (χ3v) is 3.74. The first-order valence-electron chi connectivity index (χ1n) is 5.71. The van der Waals surface area contributed by atoms with Crippen molar-refractivity contribution in [2.45, 2.75) is 52.4 Å². The molecule has 0 bridgehead atoms. The van der Waals surface area contributed by atoms with Gasteiger partial charge in [0.25, 0.3) is 0 Å². The van der Waals surface area contributed by atoms with Crippen molar-refractivity contribution in [2.24, 2.45) is 0 Å². The number of hydrogen-bond donors (Lipinski definition) is 0. The molecule has 2 atom stereocenters. The van der Waals surface area contributed by atoms with Gasteiger partial charge in [0.15, 0.2) is 0 Å². The lowest BCUT2D eigenvalue weighted by Gasteiger charge is -2.30.